The lowest BCUT2D eigenvalue weighted by Crippen LogP contribution is -2.04. The number of nitrogens with zero attached hydrogens (tertiary/aromatic N) is 1. The van der Waals surface area contributed by atoms with Crippen LogP contribution in [0.5, 0.6) is 5.75 Å². The van der Waals surface area contributed by atoms with Gasteiger partial charge in [-0.05, 0) is 30.2 Å². The Kier molecular flexibility index (Phi) is 4.63. The molecule has 1 N–H and O–H groups in total. The standard InChI is InChI=1S/C15H17ClN2O/c1-3-11-6-4-7-13(17-2)12(11)10-19-14-8-5-9-18-15(14)16/h4-9,17H,3,10H2,1-2H3. The van der Waals surface area contributed by atoms with Crippen molar-refractivity contribution in [1.82, 2.24) is 4.98 Å². The van der Waals surface area contributed by atoms with Gasteiger partial charge in [-0.2, -0.15) is 0 Å². The molecule has 1 aromatic carbocycles. The Hall–Kier alpha value is -1.74. The number of anilines is 1. The summed E-state index contributed by atoms with van der Waals surface area (Å²) in [6.45, 7) is 2.61. The third kappa shape index (κ3) is 3.18. The summed E-state index contributed by atoms with van der Waals surface area (Å²) in [6.07, 6.45) is 2.61. The minimum Gasteiger partial charge on any atom is -0.486 e. The van der Waals surface area contributed by atoms with E-state index in [-0.39, 0.29) is 0 Å². The Labute approximate surface area is 118 Å². The number of rotatable bonds is 5. The fourth-order valence-electron chi connectivity index (χ4n) is 2.00. The van der Waals surface area contributed by atoms with Crippen molar-refractivity contribution in [3.05, 3.63) is 52.8 Å². The van der Waals surface area contributed by atoms with Gasteiger partial charge in [0.1, 0.15) is 6.61 Å². The molecule has 0 saturated carbocycles. The van der Waals surface area contributed by atoms with Crippen LogP contribution in [0.15, 0.2) is 36.5 Å². The predicted octanol–water partition coefficient (Wildman–Crippen LogP) is 3.92. The molecule has 4 heteroatoms. The molecule has 0 fully saturated rings. The molecule has 0 aliphatic rings. The number of benzene rings is 1. The molecule has 1 heterocycles. The third-order valence-electron chi connectivity index (χ3n) is 3.02. The monoisotopic (exact) mass is 276 g/mol. The maximum absolute atomic E-state index is 5.99. The van der Waals surface area contributed by atoms with E-state index in [1.165, 1.54) is 5.56 Å². The Morgan fingerprint density at radius 1 is 1.26 bits per heavy atom. The highest BCUT2D eigenvalue weighted by atomic mass is 35.5. The SMILES string of the molecule is CCc1cccc(NC)c1COc1cccnc1Cl. The molecular weight excluding hydrogens is 260 g/mol. The van der Waals surface area contributed by atoms with E-state index in [0.717, 1.165) is 17.7 Å². The van der Waals surface area contributed by atoms with Crippen LogP contribution in [0.4, 0.5) is 5.69 Å². The van der Waals surface area contributed by atoms with Crippen molar-refractivity contribution in [2.75, 3.05) is 12.4 Å². The molecule has 1 aromatic heterocycles. The van der Waals surface area contributed by atoms with Gasteiger partial charge in [0.15, 0.2) is 10.9 Å². The van der Waals surface area contributed by atoms with Gasteiger partial charge >= 0.3 is 0 Å². The van der Waals surface area contributed by atoms with Crippen LogP contribution in [-0.4, -0.2) is 12.0 Å². The van der Waals surface area contributed by atoms with Gasteiger partial charge in [0.25, 0.3) is 0 Å². The van der Waals surface area contributed by atoms with Crippen LogP contribution >= 0.6 is 11.6 Å². The molecule has 0 saturated heterocycles. The zero-order chi connectivity index (χ0) is 13.7. The third-order valence-corrected chi connectivity index (χ3v) is 3.30. The van der Waals surface area contributed by atoms with Crippen molar-refractivity contribution in [1.29, 1.82) is 0 Å². The molecular formula is C15H17ClN2O. The Balaban J connectivity index is 2.21. The summed E-state index contributed by atoms with van der Waals surface area (Å²) in [6, 6.07) is 9.84. The minimum atomic E-state index is 0.391. The molecule has 0 bridgehead atoms. The van der Waals surface area contributed by atoms with E-state index in [1.807, 2.05) is 31.3 Å². The number of hydrogen-bond acceptors (Lipinski definition) is 3. The van der Waals surface area contributed by atoms with Crippen LogP contribution in [-0.2, 0) is 13.0 Å². The average Bonchev–Trinajstić information content (AvgIpc) is 2.46. The summed E-state index contributed by atoms with van der Waals surface area (Å²) in [5.74, 6) is 0.608. The van der Waals surface area contributed by atoms with Crippen LogP contribution in [0.3, 0.4) is 0 Å². The fourth-order valence-corrected chi connectivity index (χ4v) is 2.17. The predicted molar refractivity (Wildman–Crippen MR) is 78.9 cm³/mol. The quantitative estimate of drug-likeness (QED) is 0.841. The Bertz CT molecular complexity index is 535. The Morgan fingerprint density at radius 3 is 2.79 bits per heavy atom. The largest absolute Gasteiger partial charge is 0.486 e. The van der Waals surface area contributed by atoms with Gasteiger partial charge in [-0.25, -0.2) is 4.98 Å². The van der Waals surface area contributed by atoms with Crippen molar-refractivity contribution in [3.8, 4) is 5.75 Å². The summed E-state index contributed by atoms with van der Waals surface area (Å²) >= 11 is 5.99. The van der Waals surface area contributed by atoms with Crippen LogP contribution in [0.2, 0.25) is 5.15 Å². The molecule has 2 rings (SSSR count). The minimum absolute atomic E-state index is 0.391. The van der Waals surface area contributed by atoms with Gasteiger partial charge in [-0.1, -0.05) is 30.7 Å². The molecule has 2 aromatic rings. The number of halogens is 1. The average molecular weight is 277 g/mol. The van der Waals surface area contributed by atoms with Crippen molar-refractivity contribution in [3.63, 3.8) is 0 Å². The number of aromatic nitrogens is 1. The van der Waals surface area contributed by atoms with E-state index >= 15 is 0 Å². The van der Waals surface area contributed by atoms with E-state index < -0.39 is 0 Å². The number of aryl methyl sites for hydroxylation is 1. The molecule has 0 aliphatic carbocycles. The summed E-state index contributed by atoms with van der Waals surface area (Å²) in [4.78, 5) is 4.00. The van der Waals surface area contributed by atoms with E-state index in [9.17, 15) is 0 Å². The topological polar surface area (TPSA) is 34.1 Å². The number of pyridine rings is 1. The second-order valence-electron chi connectivity index (χ2n) is 4.13. The van der Waals surface area contributed by atoms with Crippen molar-refractivity contribution in [2.45, 2.75) is 20.0 Å². The summed E-state index contributed by atoms with van der Waals surface area (Å²) in [5, 5.41) is 3.58. The molecule has 0 spiro atoms. The smallest absolute Gasteiger partial charge is 0.171 e. The number of hydrogen-bond donors (Lipinski definition) is 1. The van der Waals surface area contributed by atoms with Crippen molar-refractivity contribution >= 4 is 17.3 Å². The molecule has 0 radical (unpaired) electrons. The normalized spacial score (nSPS) is 10.3. The summed E-state index contributed by atoms with van der Waals surface area (Å²) < 4.78 is 5.77. The fraction of sp³-hybridized carbons (Fsp3) is 0.267. The van der Waals surface area contributed by atoms with E-state index in [1.54, 1.807) is 6.20 Å². The molecule has 19 heavy (non-hydrogen) atoms. The second kappa shape index (κ2) is 6.43. The maximum atomic E-state index is 5.99. The zero-order valence-corrected chi connectivity index (χ0v) is 11.9. The molecule has 0 unspecified atom stereocenters. The van der Waals surface area contributed by atoms with Crippen molar-refractivity contribution in [2.24, 2.45) is 0 Å². The van der Waals surface area contributed by atoms with Gasteiger partial charge < -0.3 is 10.1 Å². The lowest BCUT2D eigenvalue weighted by Gasteiger charge is -2.15. The van der Waals surface area contributed by atoms with Gasteiger partial charge in [0.2, 0.25) is 0 Å². The molecule has 100 valence electrons. The van der Waals surface area contributed by atoms with Crippen LogP contribution in [0, 0.1) is 0 Å². The van der Waals surface area contributed by atoms with Crippen molar-refractivity contribution < 1.29 is 4.74 Å². The van der Waals surface area contributed by atoms with Gasteiger partial charge in [-0.15, -0.1) is 0 Å². The van der Waals surface area contributed by atoms with E-state index in [2.05, 4.69) is 23.3 Å². The van der Waals surface area contributed by atoms with Gasteiger partial charge in [0.05, 0.1) is 0 Å². The Morgan fingerprint density at radius 2 is 2.11 bits per heavy atom. The first-order valence-corrected chi connectivity index (χ1v) is 6.66. The summed E-state index contributed by atoms with van der Waals surface area (Å²) in [5.41, 5.74) is 3.51. The van der Waals surface area contributed by atoms with Gasteiger partial charge in [-0.3, -0.25) is 0 Å². The zero-order valence-electron chi connectivity index (χ0n) is 11.1. The molecule has 0 amide bonds. The first-order valence-electron chi connectivity index (χ1n) is 6.28. The lowest BCUT2D eigenvalue weighted by atomic mass is 10.0. The lowest BCUT2D eigenvalue weighted by molar-refractivity contribution is 0.304. The number of ether oxygens (including phenoxy) is 1. The molecule has 3 nitrogen and oxygen atoms in total. The highest BCUT2D eigenvalue weighted by Gasteiger charge is 2.08. The molecule has 0 aliphatic heterocycles. The van der Waals surface area contributed by atoms with Crippen LogP contribution < -0.4 is 10.1 Å². The van der Waals surface area contributed by atoms with E-state index in [4.69, 9.17) is 16.3 Å². The first-order chi connectivity index (χ1) is 9.26. The van der Waals surface area contributed by atoms with E-state index in [0.29, 0.717) is 17.5 Å². The van der Waals surface area contributed by atoms with Crippen LogP contribution in [0.25, 0.3) is 0 Å². The highest BCUT2D eigenvalue weighted by molar-refractivity contribution is 6.30. The molecule has 0 atom stereocenters. The summed E-state index contributed by atoms with van der Waals surface area (Å²) in [7, 11) is 1.91. The van der Waals surface area contributed by atoms with Crippen LogP contribution in [0.1, 0.15) is 18.1 Å². The first kappa shape index (κ1) is 13.7. The highest BCUT2D eigenvalue weighted by Crippen LogP contribution is 2.25. The van der Waals surface area contributed by atoms with Gasteiger partial charge in [0, 0.05) is 24.5 Å². The maximum Gasteiger partial charge on any atom is 0.171 e. The number of nitrogens with one attached hydrogen (secondary N) is 1. The second-order valence-corrected chi connectivity index (χ2v) is 4.49.